The molecule has 2 amide bonds. The highest BCUT2D eigenvalue weighted by atomic mass is 16.5. The van der Waals surface area contributed by atoms with Crippen LogP contribution in [0.2, 0.25) is 0 Å². The van der Waals surface area contributed by atoms with Crippen molar-refractivity contribution in [1.29, 1.82) is 0 Å². The molecular weight excluding hydrogens is 372 g/mol. The molecule has 29 heavy (non-hydrogen) atoms. The minimum absolute atomic E-state index is 0.0786. The van der Waals surface area contributed by atoms with Crippen molar-refractivity contribution in [1.82, 2.24) is 19.9 Å². The third-order valence-corrected chi connectivity index (χ3v) is 5.84. The first kappa shape index (κ1) is 19.8. The second-order valence-corrected chi connectivity index (χ2v) is 8.23. The van der Waals surface area contributed by atoms with Crippen LogP contribution in [0.4, 0.5) is 0 Å². The molecule has 2 aromatic rings. The number of carbonyl (C=O) groups excluding carboxylic acids is 2. The minimum atomic E-state index is -0.156. The maximum Gasteiger partial charge on any atom is 0.259 e. The van der Waals surface area contributed by atoms with E-state index in [2.05, 4.69) is 10.1 Å². The smallest absolute Gasteiger partial charge is 0.259 e. The lowest BCUT2D eigenvalue weighted by Gasteiger charge is -2.36. The standard InChI is InChI=1S/C21H28N4O4/c1-13(2)17-11-16(18-14(3)23-29-19(18)22-17)21(27)25-6-4-5-15(12-25)20(26)24-7-9-28-10-8-24/h11,13,15H,4-10,12H2,1-3H3. The van der Waals surface area contributed by atoms with Crippen molar-refractivity contribution < 1.29 is 18.8 Å². The zero-order valence-electron chi connectivity index (χ0n) is 17.3. The number of hydrogen-bond donors (Lipinski definition) is 0. The van der Waals surface area contributed by atoms with Gasteiger partial charge < -0.3 is 19.1 Å². The Balaban J connectivity index is 1.59. The molecule has 2 aliphatic heterocycles. The van der Waals surface area contributed by atoms with Crippen LogP contribution in [0, 0.1) is 12.8 Å². The normalized spacial score (nSPS) is 20.5. The Morgan fingerprint density at radius 3 is 2.66 bits per heavy atom. The van der Waals surface area contributed by atoms with Gasteiger partial charge in [-0.2, -0.15) is 0 Å². The van der Waals surface area contributed by atoms with Gasteiger partial charge in [-0.1, -0.05) is 19.0 Å². The highest BCUT2D eigenvalue weighted by molar-refractivity contribution is 6.06. The molecule has 2 aliphatic rings. The molecule has 2 aromatic heterocycles. The van der Waals surface area contributed by atoms with Crippen molar-refractivity contribution in [2.45, 2.75) is 39.5 Å². The Labute approximate surface area is 170 Å². The first-order valence-corrected chi connectivity index (χ1v) is 10.4. The molecule has 0 aromatic carbocycles. The number of amides is 2. The van der Waals surface area contributed by atoms with E-state index in [1.807, 2.05) is 31.7 Å². The summed E-state index contributed by atoms with van der Waals surface area (Å²) in [5.74, 6) is 0.0596. The Kier molecular flexibility index (Phi) is 5.54. The summed E-state index contributed by atoms with van der Waals surface area (Å²) in [4.78, 5) is 34.6. The maximum atomic E-state index is 13.5. The summed E-state index contributed by atoms with van der Waals surface area (Å²) in [6, 6.07) is 1.85. The molecule has 8 heteroatoms. The summed E-state index contributed by atoms with van der Waals surface area (Å²) in [5.41, 5.74) is 2.42. The summed E-state index contributed by atoms with van der Waals surface area (Å²) in [7, 11) is 0. The zero-order chi connectivity index (χ0) is 20.5. The van der Waals surface area contributed by atoms with Crippen molar-refractivity contribution in [3.05, 3.63) is 23.0 Å². The number of morpholine rings is 1. The van der Waals surface area contributed by atoms with Crippen molar-refractivity contribution >= 4 is 22.9 Å². The lowest BCUT2D eigenvalue weighted by Crippen LogP contribution is -2.49. The summed E-state index contributed by atoms with van der Waals surface area (Å²) in [6.07, 6.45) is 1.63. The molecule has 0 bridgehead atoms. The van der Waals surface area contributed by atoms with E-state index in [0.29, 0.717) is 61.7 Å². The number of nitrogens with zero attached hydrogens (tertiary/aromatic N) is 4. The van der Waals surface area contributed by atoms with E-state index >= 15 is 0 Å². The lowest BCUT2D eigenvalue weighted by molar-refractivity contribution is -0.141. The fourth-order valence-electron chi connectivity index (χ4n) is 4.15. The molecule has 0 N–H and O–H groups in total. The molecule has 0 spiro atoms. The van der Waals surface area contributed by atoms with Crippen LogP contribution in [0.15, 0.2) is 10.6 Å². The topological polar surface area (TPSA) is 88.8 Å². The third kappa shape index (κ3) is 3.85. The average molecular weight is 400 g/mol. The fourth-order valence-corrected chi connectivity index (χ4v) is 4.15. The second kappa shape index (κ2) is 8.10. The first-order valence-electron chi connectivity index (χ1n) is 10.4. The molecule has 1 atom stereocenters. The Morgan fingerprint density at radius 2 is 1.93 bits per heavy atom. The van der Waals surface area contributed by atoms with E-state index in [1.165, 1.54) is 0 Å². The molecule has 156 valence electrons. The predicted molar refractivity (Wildman–Crippen MR) is 107 cm³/mol. The number of piperidine rings is 1. The Morgan fingerprint density at radius 1 is 1.17 bits per heavy atom. The zero-order valence-corrected chi connectivity index (χ0v) is 17.3. The fraction of sp³-hybridized carbons (Fsp3) is 0.619. The Bertz CT molecular complexity index is 917. The number of ether oxygens (including phenoxy) is 1. The number of aromatic nitrogens is 2. The van der Waals surface area contributed by atoms with E-state index in [0.717, 1.165) is 18.5 Å². The summed E-state index contributed by atoms with van der Waals surface area (Å²) < 4.78 is 10.7. The van der Waals surface area contributed by atoms with E-state index in [-0.39, 0.29) is 23.7 Å². The van der Waals surface area contributed by atoms with Crippen LogP contribution in [0.1, 0.15) is 54.4 Å². The summed E-state index contributed by atoms with van der Waals surface area (Å²) >= 11 is 0. The van der Waals surface area contributed by atoms with Gasteiger partial charge in [-0.3, -0.25) is 9.59 Å². The van der Waals surface area contributed by atoms with Gasteiger partial charge in [-0.25, -0.2) is 4.98 Å². The quantitative estimate of drug-likeness (QED) is 0.786. The highest BCUT2D eigenvalue weighted by Crippen LogP contribution is 2.28. The first-order chi connectivity index (χ1) is 14.0. The number of aryl methyl sites for hydroxylation is 1. The summed E-state index contributed by atoms with van der Waals surface area (Å²) in [5, 5.41) is 4.68. The van der Waals surface area contributed by atoms with Crippen molar-refractivity contribution in [2.24, 2.45) is 5.92 Å². The number of hydrogen-bond acceptors (Lipinski definition) is 6. The number of fused-ring (bicyclic) bond motifs is 1. The van der Waals surface area contributed by atoms with Crippen LogP contribution >= 0.6 is 0 Å². The molecule has 0 aliphatic carbocycles. The SMILES string of the molecule is Cc1noc2nc(C(C)C)cc(C(=O)N3CCCC(C(=O)N4CCOCC4)C3)c12. The van der Waals surface area contributed by atoms with E-state index in [4.69, 9.17) is 9.26 Å². The molecule has 1 unspecified atom stereocenters. The van der Waals surface area contributed by atoms with E-state index in [9.17, 15) is 9.59 Å². The van der Waals surface area contributed by atoms with E-state index < -0.39 is 0 Å². The molecule has 2 saturated heterocycles. The van der Waals surface area contributed by atoms with Crippen LogP contribution in [-0.4, -0.2) is 71.1 Å². The second-order valence-electron chi connectivity index (χ2n) is 8.23. The third-order valence-electron chi connectivity index (χ3n) is 5.84. The van der Waals surface area contributed by atoms with Gasteiger partial charge in [-0.15, -0.1) is 0 Å². The van der Waals surface area contributed by atoms with Crippen LogP contribution in [-0.2, 0) is 9.53 Å². The van der Waals surface area contributed by atoms with Gasteiger partial charge in [0.2, 0.25) is 5.91 Å². The van der Waals surface area contributed by atoms with Gasteiger partial charge in [-0.05, 0) is 31.7 Å². The van der Waals surface area contributed by atoms with Gasteiger partial charge >= 0.3 is 0 Å². The van der Waals surface area contributed by atoms with Crippen LogP contribution in [0.3, 0.4) is 0 Å². The molecule has 2 fully saturated rings. The molecule has 0 radical (unpaired) electrons. The lowest BCUT2D eigenvalue weighted by atomic mass is 9.95. The molecule has 4 rings (SSSR count). The van der Waals surface area contributed by atoms with Gasteiger partial charge in [0.25, 0.3) is 11.6 Å². The monoisotopic (exact) mass is 400 g/mol. The predicted octanol–water partition coefficient (Wildman–Crippen LogP) is 2.37. The van der Waals surface area contributed by atoms with Crippen LogP contribution in [0.5, 0.6) is 0 Å². The average Bonchev–Trinajstić information content (AvgIpc) is 3.13. The number of rotatable bonds is 3. The van der Waals surface area contributed by atoms with Gasteiger partial charge in [0, 0.05) is 31.9 Å². The van der Waals surface area contributed by atoms with Crippen molar-refractivity contribution in [2.75, 3.05) is 39.4 Å². The van der Waals surface area contributed by atoms with E-state index in [1.54, 1.807) is 4.90 Å². The minimum Gasteiger partial charge on any atom is -0.378 e. The van der Waals surface area contributed by atoms with Gasteiger partial charge in [0.05, 0.1) is 35.8 Å². The van der Waals surface area contributed by atoms with Crippen molar-refractivity contribution in [3.8, 4) is 0 Å². The van der Waals surface area contributed by atoms with Crippen molar-refractivity contribution in [3.63, 3.8) is 0 Å². The number of carbonyl (C=O) groups is 2. The molecule has 0 saturated carbocycles. The number of pyridine rings is 1. The maximum absolute atomic E-state index is 13.5. The van der Waals surface area contributed by atoms with Crippen LogP contribution < -0.4 is 0 Å². The molecule has 4 heterocycles. The molecule has 8 nitrogen and oxygen atoms in total. The number of likely N-dealkylation sites (tertiary alicyclic amines) is 1. The highest BCUT2D eigenvalue weighted by Gasteiger charge is 2.33. The Hall–Kier alpha value is -2.48. The summed E-state index contributed by atoms with van der Waals surface area (Å²) in [6.45, 7) is 9.41. The molecular formula is C21H28N4O4. The van der Waals surface area contributed by atoms with Gasteiger partial charge in [0.15, 0.2) is 0 Å². The largest absolute Gasteiger partial charge is 0.378 e. The van der Waals surface area contributed by atoms with Gasteiger partial charge in [0.1, 0.15) is 0 Å². The van der Waals surface area contributed by atoms with Crippen LogP contribution in [0.25, 0.3) is 11.1 Å².